The Morgan fingerprint density at radius 1 is 0.943 bits per heavy atom. The highest BCUT2D eigenvalue weighted by Gasteiger charge is 2.35. The van der Waals surface area contributed by atoms with E-state index in [2.05, 4.69) is 5.32 Å². The standard InChI is InChI=1S/C26H34N2O7/c1-6-34-20-9-8-17(12-21(20)35-7-2)10-11-27-26(30)18-13-24(29)28(16-18)19-14-22(31-3)25(33-5)23(15-19)32-4/h8-9,12,14-15,18H,6-7,10-11,13,16H2,1-5H3,(H,27,30). The molecule has 1 N–H and O–H groups in total. The lowest BCUT2D eigenvalue weighted by Crippen LogP contribution is -2.34. The van der Waals surface area contributed by atoms with Crippen LogP contribution in [0.1, 0.15) is 25.8 Å². The van der Waals surface area contributed by atoms with Gasteiger partial charge in [0.05, 0.1) is 46.1 Å². The third-order valence-corrected chi connectivity index (χ3v) is 5.78. The maximum atomic E-state index is 12.8. The maximum Gasteiger partial charge on any atom is 0.227 e. The van der Waals surface area contributed by atoms with E-state index in [0.717, 1.165) is 5.56 Å². The Hall–Kier alpha value is -3.62. The van der Waals surface area contributed by atoms with Gasteiger partial charge in [-0.25, -0.2) is 0 Å². The zero-order valence-electron chi connectivity index (χ0n) is 21.0. The molecule has 1 saturated heterocycles. The summed E-state index contributed by atoms with van der Waals surface area (Å²) in [6.45, 7) is 5.68. The highest BCUT2D eigenvalue weighted by atomic mass is 16.5. The molecule has 1 aliphatic rings. The number of nitrogens with one attached hydrogen (secondary N) is 1. The Morgan fingerprint density at radius 2 is 1.60 bits per heavy atom. The minimum atomic E-state index is -0.444. The Bertz CT molecular complexity index is 1020. The number of methoxy groups -OCH3 is 3. The normalized spacial score (nSPS) is 15.1. The molecule has 2 aromatic carbocycles. The number of carbonyl (C=O) groups excluding carboxylic acids is 2. The van der Waals surface area contributed by atoms with Crippen LogP contribution in [0.5, 0.6) is 28.7 Å². The van der Waals surface area contributed by atoms with Gasteiger partial charge in [-0.15, -0.1) is 0 Å². The summed E-state index contributed by atoms with van der Waals surface area (Å²) >= 11 is 0. The smallest absolute Gasteiger partial charge is 0.227 e. The van der Waals surface area contributed by atoms with Crippen molar-refractivity contribution in [2.45, 2.75) is 26.7 Å². The van der Waals surface area contributed by atoms with E-state index < -0.39 is 5.92 Å². The minimum Gasteiger partial charge on any atom is -0.493 e. The molecule has 1 atom stereocenters. The van der Waals surface area contributed by atoms with E-state index in [1.165, 1.54) is 21.3 Å². The summed E-state index contributed by atoms with van der Waals surface area (Å²) in [6, 6.07) is 9.20. The molecule has 35 heavy (non-hydrogen) atoms. The number of hydrogen-bond donors (Lipinski definition) is 1. The summed E-state index contributed by atoms with van der Waals surface area (Å²) in [5.41, 5.74) is 1.62. The van der Waals surface area contributed by atoms with Gasteiger partial charge in [0, 0.05) is 31.6 Å². The summed E-state index contributed by atoms with van der Waals surface area (Å²) in [7, 11) is 4.56. The van der Waals surface area contributed by atoms with Gasteiger partial charge >= 0.3 is 0 Å². The van der Waals surface area contributed by atoms with E-state index in [4.69, 9.17) is 23.7 Å². The van der Waals surface area contributed by atoms with Crippen LogP contribution in [0.4, 0.5) is 5.69 Å². The Balaban J connectivity index is 1.61. The first-order valence-corrected chi connectivity index (χ1v) is 11.7. The first-order valence-electron chi connectivity index (χ1n) is 11.7. The van der Waals surface area contributed by atoms with E-state index in [-0.39, 0.29) is 24.8 Å². The van der Waals surface area contributed by atoms with Crippen molar-refractivity contribution < 1.29 is 33.3 Å². The van der Waals surface area contributed by atoms with Gasteiger partial charge in [0.2, 0.25) is 17.6 Å². The monoisotopic (exact) mass is 486 g/mol. The molecule has 0 aliphatic carbocycles. The molecular weight excluding hydrogens is 452 g/mol. The van der Waals surface area contributed by atoms with Gasteiger partial charge in [0.15, 0.2) is 23.0 Å². The third-order valence-electron chi connectivity index (χ3n) is 5.78. The lowest BCUT2D eigenvalue weighted by atomic mass is 10.1. The zero-order chi connectivity index (χ0) is 25.4. The molecule has 9 heteroatoms. The van der Waals surface area contributed by atoms with Gasteiger partial charge in [0.1, 0.15) is 0 Å². The van der Waals surface area contributed by atoms with Crippen molar-refractivity contribution in [2.24, 2.45) is 5.92 Å². The quantitative estimate of drug-likeness (QED) is 0.492. The lowest BCUT2D eigenvalue weighted by Gasteiger charge is -2.20. The second-order valence-electron chi connectivity index (χ2n) is 7.98. The molecular formula is C26H34N2O7. The van der Waals surface area contributed by atoms with Gasteiger partial charge in [-0.3, -0.25) is 9.59 Å². The average Bonchev–Trinajstić information content (AvgIpc) is 3.26. The van der Waals surface area contributed by atoms with E-state index >= 15 is 0 Å². The van der Waals surface area contributed by atoms with Crippen LogP contribution in [-0.4, -0.2) is 59.4 Å². The van der Waals surface area contributed by atoms with Crippen molar-refractivity contribution in [3.8, 4) is 28.7 Å². The molecule has 0 spiro atoms. The third kappa shape index (κ3) is 6.09. The van der Waals surface area contributed by atoms with Crippen LogP contribution in [-0.2, 0) is 16.0 Å². The Morgan fingerprint density at radius 3 is 2.20 bits per heavy atom. The zero-order valence-corrected chi connectivity index (χ0v) is 21.0. The molecule has 0 aromatic heterocycles. The summed E-state index contributed by atoms with van der Waals surface area (Å²) in [5.74, 6) is 2.02. The van der Waals surface area contributed by atoms with Crippen molar-refractivity contribution in [3.05, 3.63) is 35.9 Å². The molecule has 9 nitrogen and oxygen atoms in total. The molecule has 0 radical (unpaired) electrons. The molecule has 3 rings (SSSR count). The highest BCUT2D eigenvalue weighted by Crippen LogP contribution is 2.42. The largest absolute Gasteiger partial charge is 0.493 e. The van der Waals surface area contributed by atoms with Crippen molar-refractivity contribution in [1.82, 2.24) is 5.32 Å². The molecule has 0 saturated carbocycles. The van der Waals surface area contributed by atoms with Gasteiger partial charge in [-0.05, 0) is 38.0 Å². The number of benzene rings is 2. The number of hydrogen-bond acceptors (Lipinski definition) is 7. The molecule has 0 bridgehead atoms. The topological polar surface area (TPSA) is 95.6 Å². The van der Waals surface area contributed by atoms with E-state index in [0.29, 0.717) is 60.6 Å². The number of amides is 2. The fraction of sp³-hybridized carbons (Fsp3) is 0.462. The molecule has 190 valence electrons. The lowest BCUT2D eigenvalue weighted by molar-refractivity contribution is -0.126. The summed E-state index contributed by atoms with van der Waals surface area (Å²) < 4.78 is 27.4. The second kappa shape index (κ2) is 12.2. The Kier molecular flexibility index (Phi) is 9.05. The van der Waals surface area contributed by atoms with Crippen LogP contribution >= 0.6 is 0 Å². The summed E-state index contributed by atoms with van der Waals surface area (Å²) in [6.07, 6.45) is 0.773. The Labute approximate surface area is 206 Å². The van der Waals surface area contributed by atoms with Crippen LogP contribution < -0.4 is 33.9 Å². The SMILES string of the molecule is CCOc1ccc(CCNC(=O)C2CC(=O)N(c3cc(OC)c(OC)c(OC)c3)C2)cc1OCC. The van der Waals surface area contributed by atoms with Crippen molar-refractivity contribution >= 4 is 17.5 Å². The fourth-order valence-corrected chi connectivity index (χ4v) is 4.08. The maximum absolute atomic E-state index is 12.8. The average molecular weight is 487 g/mol. The second-order valence-corrected chi connectivity index (χ2v) is 7.98. The van der Waals surface area contributed by atoms with Gasteiger partial charge in [-0.1, -0.05) is 6.07 Å². The van der Waals surface area contributed by atoms with Crippen molar-refractivity contribution in [3.63, 3.8) is 0 Å². The fourth-order valence-electron chi connectivity index (χ4n) is 4.08. The van der Waals surface area contributed by atoms with E-state index in [1.807, 2.05) is 32.0 Å². The summed E-state index contributed by atoms with van der Waals surface area (Å²) in [4.78, 5) is 27.1. The van der Waals surface area contributed by atoms with Crippen LogP contribution in [0.15, 0.2) is 30.3 Å². The van der Waals surface area contributed by atoms with Crippen LogP contribution in [0.25, 0.3) is 0 Å². The minimum absolute atomic E-state index is 0.132. The van der Waals surface area contributed by atoms with E-state index in [9.17, 15) is 9.59 Å². The molecule has 1 heterocycles. The van der Waals surface area contributed by atoms with Crippen molar-refractivity contribution in [1.29, 1.82) is 0 Å². The van der Waals surface area contributed by atoms with Crippen LogP contribution in [0, 0.1) is 5.92 Å². The predicted molar refractivity (Wildman–Crippen MR) is 132 cm³/mol. The van der Waals surface area contributed by atoms with Gasteiger partial charge in [-0.2, -0.15) is 0 Å². The molecule has 2 amide bonds. The van der Waals surface area contributed by atoms with Gasteiger partial charge < -0.3 is 33.9 Å². The van der Waals surface area contributed by atoms with Crippen LogP contribution in [0.3, 0.4) is 0 Å². The molecule has 1 aliphatic heterocycles. The predicted octanol–water partition coefficient (Wildman–Crippen LogP) is 3.22. The first kappa shape index (κ1) is 26.0. The molecule has 1 fully saturated rings. The van der Waals surface area contributed by atoms with Crippen LogP contribution in [0.2, 0.25) is 0 Å². The number of anilines is 1. The number of carbonyl (C=O) groups is 2. The summed E-state index contributed by atoms with van der Waals surface area (Å²) in [5, 5.41) is 2.96. The first-order chi connectivity index (χ1) is 16.9. The van der Waals surface area contributed by atoms with Crippen molar-refractivity contribution in [2.75, 3.05) is 52.5 Å². The molecule has 1 unspecified atom stereocenters. The van der Waals surface area contributed by atoms with Gasteiger partial charge in [0.25, 0.3) is 0 Å². The molecule has 2 aromatic rings. The number of rotatable bonds is 12. The number of nitrogens with zero attached hydrogens (tertiary/aromatic N) is 1. The van der Waals surface area contributed by atoms with E-state index in [1.54, 1.807) is 17.0 Å². The number of ether oxygens (including phenoxy) is 5. The highest BCUT2D eigenvalue weighted by molar-refractivity contribution is 6.00.